The molecule has 0 saturated heterocycles. The van der Waals surface area contributed by atoms with Gasteiger partial charge >= 0.3 is 5.97 Å². The fraction of sp³-hybridized carbons (Fsp3) is 0.138. The molecule has 5 rings (SSSR count). The molecule has 6 nitrogen and oxygen atoms in total. The smallest absolute Gasteiger partial charge is 0.337 e. The number of carbonyl (C=O) groups is 2. The summed E-state index contributed by atoms with van der Waals surface area (Å²) in [6, 6.07) is 23.1. The molecule has 0 aliphatic carbocycles. The lowest BCUT2D eigenvalue weighted by molar-refractivity contribution is -0.116. The van der Waals surface area contributed by atoms with E-state index in [0.717, 1.165) is 38.8 Å². The third kappa shape index (κ3) is 4.81. The van der Waals surface area contributed by atoms with Gasteiger partial charge in [0.1, 0.15) is 5.82 Å². The van der Waals surface area contributed by atoms with E-state index in [9.17, 15) is 14.0 Å². The molecule has 0 aliphatic heterocycles. The monoisotopic (exact) mass is 481 g/mol. The van der Waals surface area contributed by atoms with Gasteiger partial charge in [0.05, 0.1) is 29.6 Å². The van der Waals surface area contributed by atoms with Crippen molar-refractivity contribution in [3.8, 4) is 11.4 Å². The summed E-state index contributed by atoms with van der Waals surface area (Å²) in [7, 11) is 1.32. The first-order valence-electron chi connectivity index (χ1n) is 11.7. The summed E-state index contributed by atoms with van der Waals surface area (Å²) in [6.45, 7) is 0. The molecule has 7 heteroatoms. The van der Waals surface area contributed by atoms with Crippen molar-refractivity contribution in [2.45, 2.75) is 19.3 Å². The normalized spacial score (nSPS) is 11.1. The third-order valence-electron chi connectivity index (χ3n) is 6.14. The number of aromatic amines is 1. The van der Waals surface area contributed by atoms with E-state index in [-0.39, 0.29) is 18.1 Å². The van der Waals surface area contributed by atoms with Crippen LogP contribution < -0.4 is 5.32 Å². The maximum atomic E-state index is 14.1. The molecule has 0 fully saturated rings. The summed E-state index contributed by atoms with van der Waals surface area (Å²) in [5, 5.41) is 4.68. The van der Waals surface area contributed by atoms with Crippen molar-refractivity contribution < 1.29 is 18.7 Å². The number of carbonyl (C=O) groups excluding carboxylic acids is 2. The van der Waals surface area contributed by atoms with Crippen LogP contribution in [-0.2, 0) is 16.0 Å². The van der Waals surface area contributed by atoms with Crippen LogP contribution >= 0.6 is 0 Å². The molecule has 0 atom stereocenters. The van der Waals surface area contributed by atoms with Gasteiger partial charge in [0, 0.05) is 28.4 Å². The highest BCUT2D eigenvalue weighted by Crippen LogP contribution is 2.32. The number of fused-ring (bicyclic) bond motifs is 2. The zero-order valence-electron chi connectivity index (χ0n) is 19.7. The third-order valence-corrected chi connectivity index (χ3v) is 6.14. The number of amides is 1. The summed E-state index contributed by atoms with van der Waals surface area (Å²) in [4.78, 5) is 32.3. The number of para-hydroxylation sites is 1. The number of benzene rings is 3. The molecule has 0 unspecified atom stereocenters. The predicted molar refractivity (Wildman–Crippen MR) is 138 cm³/mol. The SMILES string of the molecule is COC(=O)c1ccc(NC(=O)CCCc2c(-c3ccc4ccccc4n3)[nH]c3ccc(F)cc23)cc1. The van der Waals surface area contributed by atoms with Crippen LogP contribution in [0.3, 0.4) is 0 Å². The highest BCUT2D eigenvalue weighted by Gasteiger charge is 2.16. The molecule has 180 valence electrons. The molecule has 0 radical (unpaired) electrons. The molecular weight excluding hydrogens is 457 g/mol. The van der Waals surface area contributed by atoms with E-state index in [0.29, 0.717) is 24.1 Å². The van der Waals surface area contributed by atoms with Crippen LogP contribution in [0.2, 0.25) is 0 Å². The Morgan fingerprint density at radius 3 is 2.61 bits per heavy atom. The van der Waals surface area contributed by atoms with Crippen molar-refractivity contribution in [3.05, 3.63) is 95.8 Å². The lowest BCUT2D eigenvalue weighted by Gasteiger charge is -2.08. The average molecular weight is 482 g/mol. The van der Waals surface area contributed by atoms with E-state index >= 15 is 0 Å². The number of aromatic nitrogens is 2. The molecule has 3 aromatic carbocycles. The lowest BCUT2D eigenvalue weighted by atomic mass is 10.0. The van der Waals surface area contributed by atoms with E-state index in [1.54, 1.807) is 30.3 Å². The second-order valence-electron chi connectivity index (χ2n) is 8.53. The maximum Gasteiger partial charge on any atom is 0.337 e. The van der Waals surface area contributed by atoms with E-state index in [4.69, 9.17) is 4.98 Å². The number of esters is 1. The summed E-state index contributed by atoms with van der Waals surface area (Å²) < 4.78 is 18.8. The lowest BCUT2D eigenvalue weighted by Crippen LogP contribution is -2.12. The number of hydrogen-bond acceptors (Lipinski definition) is 4. The Labute approximate surface area is 207 Å². The number of halogens is 1. The molecule has 0 saturated carbocycles. The van der Waals surface area contributed by atoms with Gasteiger partial charge in [-0.05, 0) is 73.0 Å². The zero-order valence-corrected chi connectivity index (χ0v) is 19.7. The summed E-state index contributed by atoms with van der Waals surface area (Å²) in [6.07, 6.45) is 1.42. The molecule has 0 spiro atoms. The number of nitrogens with one attached hydrogen (secondary N) is 2. The fourth-order valence-corrected chi connectivity index (χ4v) is 4.36. The molecular formula is C29H24FN3O3. The van der Waals surface area contributed by atoms with Crippen molar-refractivity contribution in [3.63, 3.8) is 0 Å². The molecule has 2 aromatic heterocycles. The minimum Gasteiger partial charge on any atom is -0.465 e. The Bertz CT molecular complexity index is 1570. The van der Waals surface area contributed by atoms with E-state index in [1.807, 2.05) is 36.4 Å². The number of rotatable bonds is 7. The highest BCUT2D eigenvalue weighted by molar-refractivity contribution is 5.94. The first kappa shape index (κ1) is 23.2. The molecule has 1 amide bonds. The van der Waals surface area contributed by atoms with Crippen molar-refractivity contribution in [2.75, 3.05) is 12.4 Å². The van der Waals surface area contributed by atoms with Crippen LogP contribution in [0.5, 0.6) is 0 Å². The van der Waals surface area contributed by atoms with Crippen molar-refractivity contribution in [1.82, 2.24) is 9.97 Å². The van der Waals surface area contributed by atoms with Gasteiger partial charge in [0.15, 0.2) is 0 Å². The van der Waals surface area contributed by atoms with Gasteiger partial charge in [-0.15, -0.1) is 0 Å². The van der Waals surface area contributed by atoms with Crippen LogP contribution in [0.15, 0.2) is 78.9 Å². The van der Waals surface area contributed by atoms with Gasteiger partial charge < -0.3 is 15.0 Å². The van der Waals surface area contributed by atoms with Crippen LogP contribution in [0, 0.1) is 5.82 Å². The first-order valence-corrected chi connectivity index (χ1v) is 11.7. The van der Waals surface area contributed by atoms with E-state index in [2.05, 4.69) is 15.0 Å². The summed E-state index contributed by atoms with van der Waals surface area (Å²) >= 11 is 0. The van der Waals surface area contributed by atoms with Crippen molar-refractivity contribution >= 4 is 39.4 Å². The Hall–Kier alpha value is -4.52. The van der Waals surface area contributed by atoms with Gasteiger partial charge in [-0.25, -0.2) is 14.2 Å². The van der Waals surface area contributed by atoms with E-state index in [1.165, 1.54) is 19.2 Å². The second kappa shape index (κ2) is 10.00. The first-order chi connectivity index (χ1) is 17.5. The zero-order chi connectivity index (χ0) is 25.1. The average Bonchev–Trinajstić information content (AvgIpc) is 3.26. The topological polar surface area (TPSA) is 84.1 Å². The predicted octanol–water partition coefficient (Wildman–Crippen LogP) is 6.27. The fourth-order valence-electron chi connectivity index (χ4n) is 4.36. The van der Waals surface area contributed by atoms with Crippen molar-refractivity contribution in [2.24, 2.45) is 0 Å². The number of anilines is 1. The Morgan fingerprint density at radius 2 is 1.81 bits per heavy atom. The number of methoxy groups -OCH3 is 1. The van der Waals surface area contributed by atoms with E-state index < -0.39 is 5.97 Å². The van der Waals surface area contributed by atoms with Crippen LogP contribution in [0.1, 0.15) is 28.8 Å². The molecule has 2 heterocycles. The second-order valence-corrected chi connectivity index (χ2v) is 8.53. The van der Waals surface area contributed by atoms with Crippen LogP contribution in [-0.4, -0.2) is 29.0 Å². The van der Waals surface area contributed by atoms with Gasteiger partial charge in [-0.2, -0.15) is 0 Å². The molecule has 36 heavy (non-hydrogen) atoms. The van der Waals surface area contributed by atoms with Crippen LogP contribution in [0.25, 0.3) is 33.2 Å². The summed E-state index contributed by atoms with van der Waals surface area (Å²) in [5.74, 6) is -0.883. The Morgan fingerprint density at radius 1 is 1.00 bits per heavy atom. The number of aryl methyl sites for hydroxylation is 1. The number of ether oxygens (including phenoxy) is 1. The molecule has 5 aromatic rings. The van der Waals surface area contributed by atoms with Gasteiger partial charge in [-0.1, -0.05) is 24.3 Å². The molecule has 2 N–H and O–H groups in total. The quantitative estimate of drug-likeness (QED) is 0.268. The Kier molecular flexibility index (Phi) is 6.45. The molecule has 0 bridgehead atoms. The molecule has 0 aliphatic rings. The number of nitrogens with zero attached hydrogens (tertiary/aromatic N) is 1. The standard InChI is InChI=1S/C29H24FN3O3/c1-36-29(35)19-9-13-21(14-10-19)31-27(34)8-4-6-22-23-17-20(30)12-16-25(23)33-28(22)26-15-11-18-5-2-3-7-24(18)32-26/h2-3,5,7,9-17,33H,4,6,8H2,1H3,(H,31,34). The number of hydrogen-bond donors (Lipinski definition) is 2. The largest absolute Gasteiger partial charge is 0.465 e. The minimum absolute atomic E-state index is 0.141. The highest BCUT2D eigenvalue weighted by atomic mass is 19.1. The van der Waals surface area contributed by atoms with Crippen LogP contribution in [0.4, 0.5) is 10.1 Å². The van der Waals surface area contributed by atoms with Gasteiger partial charge in [0.2, 0.25) is 5.91 Å². The Balaban J connectivity index is 1.34. The number of pyridine rings is 1. The maximum absolute atomic E-state index is 14.1. The summed E-state index contributed by atoms with van der Waals surface area (Å²) in [5.41, 5.74) is 5.26. The minimum atomic E-state index is -0.431. The number of H-pyrrole nitrogens is 1. The van der Waals surface area contributed by atoms with Gasteiger partial charge in [-0.3, -0.25) is 4.79 Å². The van der Waals surface area contributed by atoms with Crippen molar-refractivity contribution in [1.29, 1.82) is 0 Å². The van der Waals surface area contributed by atoms with Gasteiger partial charge in [0.25, 0.3) is 0 Å².